The maximum absolute atomic E-state index is 2.32. The molecule has 1 heteroatoms. The number of hydrogen-bond donors (Lipinski definition) is 0. The van der Waals surface area contributed by atoms with Gasteiger partial charge in [0.1, 0.15) is 0 Å². The Morgan fingerprint density at radius 3 is 1.41 bits per heavy atom. The summed E-state index contributed by atoms with van der Waals surface area (Å²) in [7, 11) is 0. The van der Waals surface area contributed by atoms with Crippen LogP contribution in [0.25, 0.3) is 0 Å². The fraction of sp³-hybridized carbons (Fsp3) is 0.250. The van der Waals surface area contributed by atoms with E-state index in [2.05, 4.69) is 67.6 Å². The summed E-state index contributed by atoms with van der Waals surface area (Å²) >= 11 is 0. The van der Waals surface area contributed by atoms with Gasteiger partial charge in [-0.2, -0.15) is 0 Å². The van der Waals surface area contributed by atoms with Crippen molar-refractivity contribution in [3.8, 4) is 0 Å². The molecular formula is C16H18Ru. The summed E-state index contributed by atoms with van der Waals surface area (Å²) < 4.78 is 0. The van der Waals surface area contributed by atoms with Gasteiger partial charge in [0.25, 0.3) is 0 Å². The van der Waals surface area contributed by atoms with Gasteiger partial charge in [-0.3, -0.25) is 0 Å². The summed E-state index contributed by atoms with van der Waals surface area (Å²) in [6.07, 6.45) is 2.32. The second kappa shape index (κ2) is 7.40. The summed E-state index contributed by atoms with van der Waals surface area (Å²) in [5, 5.41) is 0. The maximum atomic E-state index is 2.32. The Hall–Kier alpha value is -0.937. The molecule has 0 aliphatic rings. The zero-order valence-electron chi connectivity index (χ0n) is 10.1. The van der Waals surface area contributed by atoms with E-state index in [1.54, 1.807) is 0 Å². The van der Waals surface area contributed by atoms with Gasteiger partial charge in [-0.05, 0) is 29.9 Å². The minimum Gasteiger partial charge on any atom is -0.0622 e. The van der Waals surface area contributed by atoms with E-state index in [-0.39, 0.29) is 19.5 Å². The van der Waals surface area contributed by atoms with Crippen molar-refractivity contribution in [2.45, 2.75) is 19.8 Å². The molecule has 0 saturated carbocycles. The molecule has 0 nitrogen and oxygen atoms in total. The third-order valence-corrected chi connectivity index (χ3v) is 2.85. The van der Waals surface area contributed by atoms with Gasteiger partial charge >= 0.3 is 0 Å². The van der Waals surface area contributed by atoms with Crippen molar-refractivity contribution in [3.63, 3.8) is 0 Å². The quantitative estimate of drug-likeness (QED) is 0.746. The van der Waals surface area contributed by atoms with Crippen LogP contribution in [0.15, 0.2) is 60.7 Å². The summed E-state index contributed by atoms with van der Waals surface area (Å²) in [6, 6.07) is 21.5. The number of rotatable bonds is 4. The van der Waals surface area contributed by atoms with Gasteiger partial charge in [0.05, 0.1) is 0 Å². The topological polar surface area (TPSA) is 0 Å². The second-order valence-electron chi connectivity index (χ2n) is 4.48. The van der Waals surface area contributed by atoms with Crippen LogP contribution in [0.2, 0.25) is 0 Å². The van der Waals surface area contributed by atoms with Gasteiger partial charge < -0.3 is 0 Å². The van der Waals surface area contributed by atoms with E-state index >= 15 is 0 Å². The van der Waals surface area contributed by atoms with E-state index < -0.39 is 0 Å². The minimum absolute atomic E-state index is 0. The second-order valence-corrected chi connectivity index (χ2v) is 4.48. The molecule has 90 valence electrons. The average molecular weight is 311 g/mol. The molecular weight excluding hydrogens is 293 g/mol. The van der Waals surface area contributed by atoms with Crippen LogP contribution >= 0.6 is 0 Å². The van der Waals surface area contributed by atoms with Crippen LogP contribution in [0.5, 0.6) is 0 Å². The normalized spacial score (nSPS) is 10.0. The molecule has 0 amide bonds. The van der Waals surface area contributed by atoms with Gasteiger partial charge in [-0.1, -0.05) is 67.6 Å². The molecule has 0 saturated heterocycles. The van der Waals surface area contributed by atoms with Gasteiger partial charge in [-0.25, -0.2) is 0 Å². The largest absolute Gasteiger partial charge is 0.0622 e. The predicted octanol–water partition coefficient (Wildman–Crippen LogP) is 4.11. The Labute approximate surface area is 117 Å². The minimum atomic E-state index is 0. The monoisotopic (exact) mass is 312 g/mol. The van der Waals surface area contributed by atoms with E-state index in [0.717, 1.165) is 12.8 Å². The summed E-state index contributed by atoms with van der Waals surface area (Å²) in [6.45, 7) is 2.32. The first-order valence-corrected chi connectivity index (χ1v) is 5.92. The molecule has 0 aliphatic carbocycles. The molecule has 0 aliphatic heterocycles. The third kappa shape index (κ3) is 4.83. The Morgan fingerprint density at radius 1 is 0.706 bits per heavy atom. The Morgan fingerprint density at radius 2 is 1.06 bits per heavy atom. The third-order valence-electron chi connectivity index (χ3n) is 2.85. The Bertz CT molecular complexity index is 367. The molecule has 0 unspecified atom stereocenters. The zero-order chi connectivity index (χ0) is 11.2. The molecule has 0 aromatic heterocycles. The van der Waals surface area contributed by atoms with Crippen LogP contribution in [0, 0.1) is 5.92 Å². The van der Waals surface area contributed by atoms with Crippen LogP contribution in [0.4, 0.5) is 0 Å². The van der Waals surface area contributed by atoms with Crippen LogP contribution in [0.3, 0.4) is 0 Å². The van der Waals surface area contributed by atoms with Crippen molar-refractivity contribution in [1.29, 1.82) is 0 Å². The van der Waals surface area contributed by atoms with E-state index in [0.29, 0.717) is 5.92 Å². The summed E-state index contributed by atoms with van der Waals surface area (Å²) in [5.41, 5.74) is 2.87. The van der Waals surface area contributed by atoms with E-state index in [1.807, 2.05) is 0 Å². The van der Waals surface area contributed by atoms with Crippen molar-refractivity contribution < 1.29 is 19.5 Å². The summed E-state index contributed by atoms with van der Waals surface area (Å²) in [4.78, 5) is 0. The summed E-state index contributed by atoms with van der Waals surface area (Å²) in [5.74, 6) is 0.699. The van der Waals surface area contributed by atoms with Crippen molar-refractivity contribution in [2.24, 2.45) is 5.92 Å². The number of hydrogen-bond acceptors (Lipinski definition) is 0. The molecule has 0 radical (unpaired) electrons. The van der Waals surface area contributed by atoms with E-state index in [9.17, 15) is 0 Å². The molecule has 0 N–H and O–H groups in total. The van der Waals surface area contributed by atoms with Crippen molar-refractivity contribution in [3.05, 3.63) is 71.8 Å². The standard InChI is InChI=1S/C16H18.Ru/c1-14(12-15-8-4-2-5-9-15)13-16-10-6-3-7-11-16;/h2-11,14H,12-13H2,1H3;. The van der Waals surface area contributed by atoms with Crippen molar-refractivity contribution >= 4 is 0 Å². The first-order chi connectivity index (χ1) is 7.84. The molecule has 0 heterocycles. The van der Waals surface area contributed by atoms with Crippen molar-refractivity contribution in [2.75, 3.05) is 0 Å². The van der Waals surface area contributed by atoms with E-state index in [4.69, 9.17) is 0 Å². The molecule has 0 spiro atoms. The zero-order valence-corrected chi connectivity index (χ0v) is 11.9. The first kappa shape index (κ1) is 14.1. The predicted molar refractivity (Wildman–Crippen MR) is 69.5 cm³/mol. The molecule has 2 rings (SSSR count). The molecule has 17 heavy (non-hydrogen) atoms. The molecule has 2 aromatic rings. The average Bonchev–Trinajstić information content (AvgIpc) is 2.31. The van der Waals surface area contributed by atoms with Gasteiger partial charge in [0.15, 0.2) is 0 Å². The number of benzene rings is 2. The first-order valence-electron chi connectivity index (χ1n) is 5.92. The fourth-order valence-corrected chi connectivity index (χ4v) is 2.11. The fourth-order valence-electron chi connectivity index (χ4n) is 2.11. The van der Waals surface area contributed by atoms with Crippen molar-refractivity contribution in [1.82, 2.24) is 0 Å². The Kier molecular flexibility index (Phi) is 6.15. The van der Waals surface area contributed by atoms with Crippen LogP contribution in [-0.2, 0) is 32.3 Å². The van der Waals surface area contributed by atoms with Gasteiger partial charge in [0, 0.05) is 19.5 Å². The van der Waals surface area contributed by atoms with E-state index in [1.165, 1.54) is 11.1 Å². The molecule has 0 atom stereocenters. The van der Waals surface area contributed by atoms with Gasteiger partial charge in [-0.15, -0.1) is 0 Å². The maximum Gasteiger partial charge on any atom is 0 e. The van der Waals surface area contributed by atoms with Gasteiger partial charge in [0.2, 0.25) is 0 Å². The van der Waals surface area contributed by atoms with Crippen LogP contribution in [-0.4, -0.2) is 0 Å². The molecule has 2 aromatic carbocycles. The molecule has 0 bridgehead atoms. The smallest absolute Gasteiger partial charge is 0 e. The van der Waals surface area contributed by atoms with Crippen LogP contribution in [0.1, 0.15) is 18.1 Å². The molecule has 0 fully saturated rings. The Balaban J connectivity index is 0.00000144. The SMILES string of the molecule is CC(Cc1ccccc1)Cc1ccccc1.[Ru]. The van der Waals surface area contributed by atoms with Crippen LogP contribution < -0.4 is 0 Å².